The molecule has 0 unspecified atom stereocenters. The molecule has 9 nitrogen and oxygen atoms in total. The van der Waals surface area contributed by atoms with Crippen molar-refractivity contribution >= 4 is 5.78 Å². The molecule has 0 bridgehead atoms. The average molecular weight is 336 g/mol. The average Bonchev–Trinajstić information content (AvgIpc) is 3.01. The Bertz CT molecular complexity index is 788. The minimum Gasteiger partial charge on any atom is -0.394 e. The quantitative estimate of drug-likeness (QED) is 0.611. The Morgan fingerprint density at radius 1 is 1.30 bits per heavy atom. The van der Waals surface area contributed by atoms with Gasteiger partial charge in [0.1, 0.15) is 24.6 Å². The molecule has 12 heteroatoms. The molecule has 2 aromatic heterocycles. The van der Waals surface area contributed by atoms with Gasteiger partial charge in [-0.15, -0.1) is 0 Å². The van der Waals surface area contributed by atoms with Crippen molar-refractivity contribution in [1.29, 1.82) is 0 Å². The van der Waals surface area contributed by atoms with Gasteiger partial charge in [-0.25, -0.2) is 4.98 Å². The normalized spacial score (nSPS) is 28.6. The number of nitrogens with zero attached hydrogens (tertiary/aromatic N) is 4. The van der Waals surface area contributed by atoms with Crippen LogP contribution in [0.4, 0.5) is 13.2 Å². The Hall–Kier alpha value is -2.02. The lowest BCUT2D eigenvalue weighted by atomic mass is 10.1. The number of hydrogen-bond acceptors (Lipinski definition) is 7. The van der Waals surface area contributed by atoms with Crippen molar-refractivity contribution < 1.29 is 33.2 Å². The van der Waals surface area contributed by atoms with Crippen LogP contribution in [0.1, 0.15) is 11.9 Å². The largest absolute Gasteiger partial charge is 0.433 e. The van der Waals surface area contributed by atoms with Crippen LogP contribution in [0.15, 0.2) is 17.2 Å². The van der Waals surface area contributed by atoms with E-state index < -0.39 is 54.4 Å². The first kappa shape index (κ1) is 15.9. The summed E-state index contributed by atoms with van der Waals surface area (Å²) in [5.41, 5.74) is -2.48. The number of fused-ring (bicyclic) bond motifs is 1. The molecule has 1 fully saturated rings. The van der Waals surface area contributed by atoms with Crippen LogP contribution in [0, 0.1) is 0 Å². The molecule has 23 heavy (non-hydrogen) atoms. The van der Waals surface area contributed by atoms with Crippen molar-refractivity contribution in [2.24, 2.45) is 0 Å². The van der Waals surface area contributed by atoms with E-state index in [0.29, 0.717) is 10.6 Å². The highest BCUT2D eigenvalue weighted by molar-refractivity contribution is 5.30. The lowest BCUT2D eigenvalue weighted by molar-refractivity contribution is -0.141. The minimum atomic E-state index is -4.84. The molecule has 3 N–H and O–H groups in total. The van der Waals surface area contributed by atoms with Gasteiger partial charge in [-0.1, -0.05) is 0 Å². The number of rotatable bonds is 2. The number of hydrogen-bond donors (Lipinski definition) is 3. The second kappa shape index (κ2) is 5.26. The number of ether oxygens (including phenoxy) is 1. The number of alkyl halides is 3. The molecular formula is C11H11F3N4O5. The van der Waals surface area contributed by atoms with E-state index in [-0.39, 0.29) is 0 Å². The van der Waals surface area contributed by atoms with Gasteiger partial charge in [0.2, 0.25) is 5.78 Å². The second-order valence-corrected chi connectivity index (χ2v) is 4.96. The molecule has 3 rings (SSSR count). The molecule has 0 amide bonds. The van der Waals surface area contributed by atoms with Gasteiger partial charge in [-0.3, -0.25) is 9.36 Å². The zero-order valence-corrected chi connectivity index (χ0v) is 11.3. The minimum absolute atomic E-state index is 0.293. The van der Waals surface area contributed by atoms with Crippen molar-refractivity contribution in [3.8, 4) is 0 Å². The molecule has 0 aliphatic carbocycles. The standard InChI is InChI=1S/C11H11F3N4O5/c12-11(13,14)5-1-6(20)18-10(16-5)17(3-15-18)9-8(22)7(21)4(2-19)23-9/h1,3-4,7-9,19,21-22H,2H2/t4-,7-,8-,9-/m1/s1. The molecule has 126 valence electrons. The van der Waals surface area contributed by atoms with E-state index in [9.17, 15) is 28.2 Å². The molecule has 0 spiro atoms. The summed E-state index contributed by atoms with van der Waals surface area (Å²) < 4.78 is 45.0. The monoisotopic (exact) mass is 336 g/mol. The van der Waals surface area contributed by atoms with E-state index in [1.807, 2.05) is 0 Å². The lowest BCUT2D eigenvalue weighted by Gasteiger charge is -2.16. The third-order valence-electron chi connectivity index (χ3n) is 3.48. The predicted molar refractivity (Wildman–Crippen MR) is 65.3 cm³/mol. The Balaban J connectivity index is 2.12. The van der Waals surface area contributed by atoms with Gasteiger partial charge in [0, 0.05) is 6.07 Å². The smallest absolute Gasteiger partial charge is 0.394 e. The van der Waals surface area contributed by atoms with Gasteiger partial charge in [0.05, 0.1) is 6.61 Å². The molecule has 0 aromatic carbocycles. The summed E-state index contributed by atoms with van der Waals surface area (Å²) in [6, 6.07) is 0.293. The fourth-order valence-corrected chi connectivity index (χ4v) is 2.33. The molecular weight excluding hydrogens is 325 g/mol. The second-order valence-electron chi connectivity index (χ2n) is 4.96. The number of aromatic nitrogens is 4. The highest BCUT2D eigenvalue weighted by atomic mass is 19.4. The van der Waals surface area contributed by atoms with Gasteiger partial charge < -0.3 is 20.1 Å². The van der Waals surface area contributed by atoms with Crippen LogP contribution in [-0.4, -0.2) is 59.4 Å². The van der Waals surface area contributed by atoms with Crippen molar-refractivity contribution in [1.82, 2.24) is 19.2 Å². The van der Waals surface area contributed by atoms with Gasteiger partial charge >= 0.3 is 6.18 Å². The van der Waals surface area contributed by atoms with E-state index in [4.69, 9.17) is 9.84 Å². The van der Waals surface area contributed by atoms with E-state index in [0.717, 1.165) is 10.9 Å². The zero-order valence-electron chi connectivity index (χ0n) is 11.3. The summed E-state index contributed by atoms with van der Waals surface area (Å²) in [6.07, 6.45) is -9.37. The van der Waals surface area contributed by atoms with Gasteiger partial charge in [0.25, 0.3) is 5.56 Å². The number of aliphatic hydroxyl groups is 3. The summed E-state index contributed by atoms with van der Waals surface area (Å²) >= 11 is 0. The van der Waals surface area contributed by atoms with E-state index in [1.54, 1.807) is 0 Å². The van der Waals surface area contributed by atoms with Crippen LogP contribution in [0.25, 0.3) is 5.78 Å². The van der Waals surface area contributed by atoms with Crippen LogP contribution in [0.3, 0.4) is 0 Å². The highest BCUT2D eigenvalue weighted by Gasteiger charge is 2.44. The van der Waals surface area contributed by atoms with Crippen molar-refractivity contribution in [3.05, 3.63) is 28.4 Å². The highest BCUT2D eigenvalue weighted by Crippen LogP contribution is 2.31. The Labute approximate surface area is 125 Å². The van der Waals surface area contributed by atoms with Gasteiger partial charge in [-0.05, 0) is 0 Å². The van der Waals surface area contributed by atoms with Gasteiger partial charge in [-0.2, -0.15) is 22.8 Å². The Kier molecular flexibility index (Phi) is 3.63. The summed E-state index contributed by atoms with van der Waals surface area (Å²) in [6.45, 7) is -0.609. The maximum atomic E-state index is 12.8. The molecule has 1 aliphatic heterocycles. The van der Waals surface area contributed by atoms with Crippen LogP contribution >= 0.6 is 0 Å². The van der Waals surface area contributed by atoms with Crippen molar-refractivity contribution in [2.45, 2.75) is 30.7 Å². The maximum absolute atomic E-state index is 12.8. The van der Waals surface area contributed by atoms with E-state index in [2.05, 4.69) is 10.1 Å². The summed E-state index contributed by atoms with van der Waals surface area (Å²) in [5, 5.41) is 32.3. The lowest BCUT2D eigenvalue weighted by Crippen LogP contribution is -2.33. The molecule has 3 heterocycles. The number of aliphatic hydroxyl groups excluding tert-OH is 3. The Morgan fingerprint density at radius 2 is 2.00 bits per heavy atom. The molecule has 1 aliphatic rings. The number of halogens is 3. The molecule has 4 atom stereocenters. The fourth-order valence-electron chi connectivity index (χ4n) is 2.33. The van der Waals surface area contributed by atoms with Crippen LogP contribution < -0.4 is 5.56 Å². The van der Waals surface area contributed by atoms with Crippen LogP contribution in [-0.2, 0) is 10.9 Å². The van der Waals surface area contributed by atoms with Crippen molar-refractivity contribution in [2.75, 3.05) is 6.61 Å². The van der Waals surface area contributed by atoms with Crippen LogP contribution in [0.2, 0.25) is 0 Å². The topological polar surface area (TPSA) is 122 Å². The first-order valence-corrected chi connectivity index (χ1v) is 6.40. The zero-order chi connectivity index (χ0) is 16.9. The first-order valence-electron chi connectivity index (χ1n) is 6.40. The van der Waals surface area contributed by atoms with Crippen LogP contribution in [0.5, 0.6) is 0 Å². The summed E-state index contributed by atoms with van der Waals surface area (Å²) in [5.74, 6) is -0.514. The predicted octanol–water partition coefficient (Wildman–Crippen LogP) is -1.48. The fraction of sp³-hybridized carbons (Fsp3) is 0.545. The summed E-state index contributed by atoms with van der Waals surface area (Å²) in [4.78, 5) is 15.0. The molecule has 0 saturated carbocycles. The van der Waals surface area contributed by atoms with E-state index in [1.165, 1.54) is 0 Å². The van der Waals surface area contributed by atoms with Gasteiger partial charge in [0.15, 0.2) is 11.9 Å². The third kappa shape index (κ3) is 2.49. The molecule has 0 radical (unpaired) electrons. The Morgan fingerprint density at radius 3 is 2.57 bits per heavy atom. The maximum Gasteiger partial charge on any atom is 0.433 e. The third-order valence-corrected chi connectivity index (χ3v) is 3.48. The van der Waals surface area contributed by atoms with E-state index >= 15 is 0 Å². The molecule has 2 aromatic rings. The molecule has 1 saturated heterocycles. The summed E-state index contributed by atoms with van der Waals surface area (Å²) in [7, 11) is 0. The SMILES string of the molecule is O=c1cc(C(F)(F)F)nc2n([C@@H]3O[C@H](CO)[C@@H](O)[C@H]3O)cnn12. The first-order chi connectivity index (χ1) is 10.7. The van der Waals surface area contributed by atoms with Crippen molar-refractivity contribution in [3.63, 3.8) is 0 Å².